The average Bonchev–Trinajstić information content (AvgIpc) is 3.30. The summed E-state index contributed by atoms with van der Waals surface area (Å²) in [6.45, 7) is 1.74. The molecule has 1 amide bonds. The maximum atomic E-state index is 12.8. The van der Waals surface area contributed by atoms with Crippen molar-refractivity contribution >= 4 is 63.7 Å². The summed E-state index contributed by atoms with van der Waals surface area (Å²) in [7, 11) is 0. The molecule has 0 unspecified atom stereocenters. The van der Waals surface area contributed by atoms with Crippen LogP contribution in [0, 0.1) is 17.0 Å². The number of hydrogen-bond donors (Lipinski definition) is 1. The minimum Gasteiger partial charge on any atom is -0.483 e. The second kappa shape index (κ2) is 11.3. The average molecular weight is 582 g/mol. The van der Waals surface area contributed by atoms with E-state index in [2.05, 4.69) is 5.32 Å². The zero-order valence-electron chi connectivity index (χ0n) is 18.9. The normalized spacial score (nSPS) is 10.7. The van der Waals surface area contributed by atoms with E-state index >= 15 is 0 Å². The number of hydrogen-bond acceptors (Lipinski definition) is 6. The van der Waals surface area contributed by atoms with E-state index in [1.807, 2.05) is 0 Å². The van der Waals surface area contributed by atoms with Gasteiger partial charge in [0, 0.05) is 22.2 Å². The Labute approximate surface area is 230 Å². The van der Waals surface area contributed by atoms with Crippen LogP contribution in [0.4, 0.5) is 11.4 Å². The van der Waals surface area contributed by atoms with Crippen molar-refractivity contribution in [2.75, 3.05) is 5.32 Å². The molecule has 0 spiro atoms. The van der Waals surface area contributed by atoms with E-state index in [0.29, 0.717) is 21.6 Å². The van der Waals surface area contributed by atoms with Crippen molar-refractivity contribution < 1.29 is 23.6 Å². The summed E-state index contributed by atoms with van der Waals surface area (Å²) in [5.41, 5.74) is 0.633. The fraction of sp³-hybridized carbons (Fsp3) is 0.0800. The first-order valence-corrected chi connectivity index (χ1v) is 12.0. The Hall–Kier alpha value is -3.43. The van der Waals surface area contributed by atoms with Gasteiger partial charge in [-0.2, -0.15) is 0 Å². The molecule has 0 aliphatic carbocycles. The summed E-state index contributed by atoms with van der Waals surface area (Å²) in [6.07, 6.45) is 0. The first-order chi connectivity index (χ1) is 17.6. The number of carbonyl (C=O) groups excluding carboxylic acids is 1. The van der Waals surface area contributed by atoms with Crippen molar-refractivity contribution in [3.8, 4) is 17.2 Å². The molecule has 0 atom stereocenters. The van der Waals surface area contributed by atoms with Crippen molar-refractivity contribution in [1.29, 1.82) is 0 Å². The highest BCUT2D eigenvalue weighted by atomic mass is 35.5. The Kier molecular flexibility index (Phi) is 8.14. The number of nitrogens with one attached hydrogen (secondary N) is 1. The molecule has 1 N–H and O–H groups in total. The van der Waals surface area contributed by atoms with Gasteiger partial charge in [0.25, 0.3) is 11.6 Å². The van der Waals surface area contributed by atoms with Crippen LogP contribution in [0.5, 0.6) is 17.2 Å². The molecule has 0 bridgehead atoms. The molecular formula is C25H16Cl4N2O6. The molecule has 37 heavy (non-hydrogen) atoms. The highest BCUT2D eigenvalue weighted by Crippen LogP contribution is 2.36. The summed E-state index contributed by atoms with van der Waals surface area (Å²) in [4.78, 5) is 23.6. The SMILES string of the molecule is Cc1cc(Oc2cc(NC(=O)c3ccc(COc4c(Cl)cc(Cl)cc4Cl)o3)cc([N+](=O)[O-])c2)ccc1Cl. The van der Waals surface area contributed by atoms with E-state index in [-0.39, 0.29) is 45.3 Å². The molecule has 0 fully saturated rings. The van der Waals surface area contributed by atoms with Gasteiger partial charge in [0.2, 0.25) is 0 Å². The highest BCUT2D eigenvalue weighted by molar-refractivity contribution is 6.40. The number of anilines is 1. The van der Waals surface area contributed by atoms with Gasteiger partial charge in [0.15, 0.2) is 11.5 Å². The Balaban J connectivity index is 1.48. The third kappa shape index (κ3) is 6.67. The van der Waals surface area contributed by atoms with E-state index in [4.69, 9.17) is 60.3 Å². The Morgan fingerprint density at radius 3 is 2.35 bits per heavy atom. The molecule has 4 rings (SSSR count). The molecule has 1 aromatic heterocycles. The van der Waals surface area contributed by atoms with Crippen LogP contribution in [-0.4, -0.2) is 10.8 Å². The van der Waals surface area contributed by atoms with Gasteiger partial charge >= 0.3 is 0 Å². The van der Waals surface area contributed by atoms with Gasteiger partial charge < -0.3 is 19.2 Å². The number of nitro groups is 1. The number of furan rings is 1. The largest absolute Gasteiger partial charge is 0.483 e. The standard InChI is InChI=1S/C25H16Cl4N2O6/c1-13-6-17(2-4-20(13)27)36-19-10-15(9-16(11-19)31(33)34)30-25(32)23-5-3-18(37-23)12-35-24-21(28)7-14(26)8-22(24)29/h2-11H,12H2,1H3,(H,30,32). The lowest BCUT2D eigenvalue weighted by molar-refractivity contribution is -0.384. The fourth-order valence-electron chi connectivity index (χ4n) is 3.22. The number of non-ortho nitro benzene ring substituents is 1. The van der Waals surface area contributed by atoms with Crippen molar-refractivity contribution in [3.63, 3.8) is 0 Å². The molecule has 190 valence electrons. The maximum absolute atomic E-state index is 12.8. The van der Waals surface area contributed by atoms with Crippen LogP contribution in [0.2, 0.25) is 20.1 Å². The van der Waals surface area contributed by atoms with Gasteiger partial charge in [0.1, 0.15) is 23.9 Å². The van der Waals surface area contributed by atoms with Crippen LogP contribution in [0.1, 0.15) is 21.9 Å². The summed E-state index contributed by atoms with van der Waals surface area (Å²) in [5.74, 6) is 0.424. The lowest BCUT2D eigenvalue weighted by atomic mass is 10.2. The van der Waals surface area contributed by atoms with Gasteiger partial charge in [-0.05, 0) is 55.0 Å². The molecule has 0 saturated carbocycles. The number of carbonyl (C=O) groups is 1. The number of halogens is 4. The first kappa shape index (κ1) is 26.6. The third-order valence-corrected chi connectivity index (χ3v) is 6.14. The Morgan fingerprint density at radius 1 is 0.946 bits per heavy atom. The molecule has 0 aliphatic rings. The molecule has 0 radical (unpaired) electrons. The minimum atomic E-state index is -0.636. The molecule has 0 saturated heterocycles. The van der Waals surface area contributed by atoms with E-state index in [9.17, 15) is 14.9 Å². The van der Waals surface area contributed by atoms with Crippen LogP contribution in [-0.2, 0) is 6.61 Å². The smallest absolute Gasteiger partial charge is 0.291 e. The number of ether oxygens (including phenoxy) is 2. The number of benzene rings is 3. The molecule has 1 heterocycles. The number of aryl methyl sites for hydroxylation is 1. The lowest BCUT2D eigenvalue weighted by Crippen LogP contribution is -2.11. The van der Waals surface area contributed by atoms with Crippen LogP contribution in [0.15, 0.2) is 65.1 Å². The molecule has 3 aromatic carbocycles. The topological polar surface area (TPSA) is 104 Å². The van der Waals surface area contributed by atoms with Gasteiger partial charge in [-0.3, -0.25) is 14.9 Å². The number of nitrogens with zero attached hydrogens (tertiary/aromatic N) is 1. The van der Waals surface area contributed by atoms with Crippen molar-refractivity contribution in [2.24, 2.45) is 0 Å². The number of nitro benzene ring substituents is 1. The van der Waals surface area contributed by atoms with Gasteiger partial charge in [-0.1, -0.05) is 46.4 Å². The first-order valence-electron chi connectivity index (χ1n) is 10.5. The van der Waals surface area contributed by atoms with Gasteiger partial charge in [0.05, 0.1) is 26.7 Å². The van der Waals surface area contributed by atoms with Crippen LogP contribution >= 0.6 is 46.4 Å². The summed E-state index contributed by atoms with van der Waals surface area (Å²) < 4.78 is 16.9. The minimum absolute atomic E-state index is 0.0470. The maximum Gasteiger partial charge on any atom is 0.291 e. The fourth-order valence-corrected chi connectivity index (χ4v) is 4.26. The third-order valence-electron chi connectivity index (χ3n) is 4.93. The predicted molar refractivity (Wildman–Crippen MR) is 142 cm³/mol. The lowest BCUT2D eigenvalue weighted by Gasteiger charge is -2.10. The molecule has 12 heteroatoms. The number of rotatable bonds is 8. The van der Waals surface area contributed by atoms with Crippen LogP contribution < -0.4 is 14.8 Å². The second-order valence-corrected chi connectivity index (χ2v) is 9.35. The monoisotopic (exact) mass is 580 g/mol. The van der Waals surface area contributed by atoms with Crippen molar-refractivity contribution in [1.82, 2.24) is 0 Å². The Morgan fingerprint density at radius 2 is 1.68 bits per heavy atom. The summed E-state index contributed by atoms with van der Waals surface area (Å²) in [5, 5.41) is 15.4. The molecule has 8 nitrogen and oxygen atoms in total. The van der Waals surface area contributed by atoms with Crippen LogP contribution in [0.3, 0.4) is 0 Å². The van der Waals surface area contributed by atoms with Crippen LogP contribution in [0.25, 0.3) is 0 Å². The van der Waals surface area contributed by atoms with Gasteiger partial charge in [-0.25, -0.2) is 0 Å². The van der Waals surface area contributed by atoms with Crippen molar-refractivity contribution in [2.45, 2.75) is 13.5 Å². The summed E-state index contributed by atoms with van der Waals surface area (Å²) in [6, 6.07) is 14.8. The Bertz CT molecular complexity index is 1480. The summed E-state index contributed by atoms with van der Waals surface area (Å²) >= 11 is 24.1. The quantitative estimate of drug-likeness (QED) is 0.165. The van der Waals surface area contributed by atoms with Gasteiger partial charge in [-0.15, -0.1) is 0 Å². The zero-order chi connectivity index (χ0) is 26.7. The van der Waals surface area contributed by atoms with E-state index in [1.54, 1.807) is 25.1 Å². The number of amides is 1. The zero-order valence-corrected chi connectivity index (χ0v) is 21.9. The molecular weight excluding hydrogens is 566 g/mol. The van der Waals surface area contributed by atoms with Crippen molar-refractivity contribution in [3.05, 3.63) is 108 Å². The molecule has 4 aromatic rings. The van der Waals surface area contributed by atoms with E-state index in [1.165, 1.54) is 42.5 Å². The molecule has 0 aliphatic heterocycles. The highest BCUT2D eigenvalue weighted by Gasteiger charge is 2.17. The van der Waals surface area contributed by atoms with E-state index < -0.39 is 10.8 Å². The second-order valence-electron chi connectivity index (χ2n) is 7.69. The predicted octanol–water partition coefficient (Wildman–Crippen LogP) is 8.73. The van der Waals surface area contributed by atoms with E-state index in [0.717, 1.165) is 5.56 Å².